The van der Waals surface area contributed by atoms with Gasteiger partial charge < -0.3 is 10.8 Å². The lowest BCUT2D eigenvalue weighted by Gasteiger charge is -2.60. The zero-order valence-electron chi connectivity index (χ0n) is 14.1. The van der Waals surface area contributed by atoms with E-state index in [-0.39, 0.29) is 23.0 Å². The van der Waals surface area contributed by atoms with Crippen LogP contribution in [0.4, 0.5) is 0 Å². The SMILES string of the molecule is C[C@]12C[C@H](O)[C@H](N)C[C@@H]1CC[C@@H]1[C@@H]2CC[C@]2(C)C(=O)CC[C@@H]12. The number of fused-ring (bicyclic) bond motifs is 5. The summed E-state index contributed by atoms with van der Waals surface area (Å²) in [4.78, 5) is 12.4. The highest BCUT2D eigenvalue weighted by molar-refractivity contribution is 5.87. The third-order valence-corrected chi connectivity index (χ3v) is 8.47. The molecule has 0 aromatic carbocycles. The number of carbonyl (C=O) groups excluding carboxylic acids is 1. The number of Topliss-reactive ketones (excluding diaryl/α,β-unsaturated/α-hetero) is 1. The van der Waals surface area contributed by atoms with Crippen LogP contribution in [0.5, 0.6) is 0 Å². The van der Waals surface area contributed by atoms with E-state index < -0.39 is 0 Å². The molecule has 3 heteroatoms. The van der Waals surface area contributed by atoms with Crippen molar-refractivity contribution in [2.24, 2.45) is 40.2 Å². The van der Waals surface area contributed by atoms with E-state index in [0.717, 1.165) is 32.1 Å². The quantitative estimate of drug-likeness (QED) is 0.723. The van der Waals surface area contributed by atoms with Gasteiger partial charge >= 0.3 is 0 Å². The number of carbonyl (C=O) groups is 1. The van der Waals surface area contributed by atoms with Crippen molar-refractivity contribution in [2.45, 2.75) is 77.4 Å². The van der Waals surface area contributed by atoms with Crippen molar-refractivity contribution < 1.29 is 9.90 Å². The Morgan fingerprint density at radius 3 is 2.68 bits per heavy atom. The fourth-order valence-electron chi connectivity index (χ4n) is 7.10. The number of ketones is 1. The van der Waals surface area contributed by atoms with Crippen LogP contribution < -0.4 is 5.73 Å². The van der Waals surface area contributed by atoms with Gasteiger partial charge in [0.15, 0.2) is 0 Å². The molecule has 0 aliphatic heterocycles. The van der Waals surface area contributed by atoms with Gasteiger partial charge in [-0.25, -0.2) is 0 Å². The van der Waals surface area contributed by atoms with Gasteiger partial charge in [0, 0.05) is 17.9 Å². The number of aliphatic hydroxyl groups excluding tert-OH is 1. The van der Waals surface area contributed by atoms with Gasteiger partial charge in [0.1, 0.15) is 5.78 Å². The number of hydrogen-bond donors (Lipinski definition) is 2. The van der Waals surface area contributed by atoms with E-state index in [4.69, 9.17) is 5.73 Å². The van der Waals surface area contributed by atoms with E-state index in [1.807, 2.05) is 0 Å². The molecule has 0 aromatic heterocycles. The molecule has 0 spiro atoms. The molecule has 0 unspecified atom stereocenters. The van der Waals surface area contributed by atoms with E-state index in [1.54, 1.807) is 0 Å². The molecule has 0 bridgehead atoms. The van der Waals surface area contributed by atoms with Crippen LogP contribution >= 0.6 is 0 Å². The van der Waals surface area contributed by atoms with Crippen molar-refractivity contribution in [1.82, 2.24) is 0 Å². The van der Waals surface area contributed by atoms with Crippen LogP contribution in [0.1, 0.15) is 65.2 Å². The first-order valence-electron chi connectivity index (χ1n) is 9.33. The Balaban J connectivity index is 1.65. The lowest BCUT2D eigenvalue weighted by Crippen LogP contribution is -2.58. The molecule has 22 heavy (non-hydrogen) atoms. The molecule has 4 aliphatic rings. The summed E-state index contributed by atoms with van der Waals surface area (Å²) in [6.45, 7) is 4.66. The summed E-state index contributed by atoms with van der Waals surface area (Å²) < 4.78 is 0. The molecule has 0 heterocycles. The van der Waals surface area contributed by atoms with Gasteiger partial charge in [0.25, 0.3) is 0 Å². The number of hydrogen-bond acceptors (Lipinski definition) is 3. The zero-order valence-corrected chi connectivity index (χ0v) is 14.1. The third kappa shape index (κ3) is 1.84. The monoisotopic (exact) mass is 305 g/mol. The van der Waals surface area contributed by atoms with E-state index in [1.165, 1.54) is 19.3 Å². The van der Waals surface area contributed by atoms with Crippen LogP contribution in [0, 0.1) is 34.5 Å². The molecule has 0 radical (unpaired) electrons. The first-order valence-corrected chi connectivity index (χ1v) is 9.33. The number of aliphatic hydroxyl groups is 1. The second-order valence-corrected chi connectivity index (χ2v) is 9.25. The van der Waals surface area contributed by atoms with E-state index >= 15 is 0 Å². The average molecular weight is 305 g/mol. The van der Waals surface area contributed by atoms with Crippen molar-refractivity contribution in [3.63, 3.8) is 0 Å². The van der Waals surface area contributed by atoms with Crippen LogP contribution in [0.3, 0.4) is 0 Å². The molecular weight excluding hydrogens is 274 g/mol. The van der Waals surface area contributed by atoms with Crippen LogP contribution in [0.2, 0.25) is 0 Å². The summed E-state index contributed by atoms with van der Waals surface area (Å²) in [5.74, 6) is 3.19. The lowest BCUT2D eigenvalue weighted by atomic mass is 9.45. The summed E-state index contributed by atoms with van der Waals surface area (Å²) in [5, 5.41) is 10.4. The lowest BCUT2D eigenvalue weighted by molar-refractivity contribution is -0.145. The molecule has 4 fully saturated rings. The minimum atomic E-state index is -0.335. The second kappa shape index (κ2) is 4.80. The normalized spacial score (nSPS) is 57.9. The summed E-state index contributed by atoms with van der Waals surface area (Å²) in [7, 11) is 0. The maximum absolute atomic E-state index is 12.4. The van der Waals surface area contributed by atoms with Crippen molar-refractivity contribution in [1.29, 1.82) is 0 Å². The molecule has 4 saturated carbocycles. The van der Waals surface area contributed by atoms with E-state index in [0.29, 0.717) is 29.5 Å². The van der Waals surface area contributed by atoms with Crippen molar-refractivity contribution >= 4 is 5.78 Å². The molecule has 3 N–H and O–H groups in total. The van der Waals surface area contributed by atoms with Gasteiger partial charge in [-0.1, -0.05) is 13.8 Å². The molecular formula is C19H31NO2. The van der Waals surface area contributed by atoms with Gasteiger partial charge in [0.2, 0.25) is 0 Å². The maximum atomic E-state index is 12.4. The first kappa shape index (κ1) is 15.1. The van der Waals surface area contributed by atoms with Crippen LogP contribution in [-0.4, -0.2) is 23.0 Å². The number of nitrogens with two attached hydrogens (primary N) is 1. The van der Waals surface area contributed by atoms with Gasteiger partial charge in [0.05, 0.1) is 6.10 Å². The standard InChI is InChI=1S/C19H31NO2/c1-18-8-7-14-12(13(18)5-6-17(18)22)4-3-11-9-15(20)16(21)10-19(11,14)2/h11-16,21H,3-10,20H2,1-2H3/t11-,12-,13-,14-,15+,16-,18-,19-/m0/s1. The Hall–Kier alpha value is -0.410. The molecule has 0 amide bonds. The topological polar surface area (TPSA) is 63.3 Å². The second-order valence-electron chi connectivity index (χ2n) is 9.25. The average Bonchev–Trinajstić information content (AvgIpc) is 2.77. The highest BCUT2D eigenvalue weighted by Gasteiger charge is 2.60. The van der Waals surface area contributed by atoms with Gasteiger partial charge in [-0.3, -0.25) is 4.79 Å². The van der Waals surface area contributed by atoms with Crippen LogP contribution in [-0.2, 0) is 4.79 Å². The first-order chi connectivity index (χ1) is 10.4. The molecule has 0 saturated heterocycles. The number of rotatable bonds is 0. The highest BCUT2D eigenvalue weighted by Crippen LogP contribution is 2.65. The highest BCUT2D eigenvalue weighted by atomic mass is 16.3. The predicted molar refractivity (Wildman–Crippen MR) is 86.1 cm³/mol. The Kier molecular flexibility index (Phi) is 3.30. The Bertz CT molecular complexity index is 492. The summed E-state index contributed by atoms with van der Waals surface area (Å²) >= 11 is 0. The van der Waals surface area contributed by atoms with Gasteiger partial charge in [-0.2, -0.15) is 0 Å². The Morgan fingerprint density at radius 2 is 1.91 bits per heavy atom. The van der Waals surface area contributed by atoms with Gasteiger partial charge in [-0.05, 0) is 74.0 Å². The molecule has 8 atom stereocenters. The van der Waals surface area contributed by atoms with Crippen LogP contribution in [0.25, 0.3) is 0 Å². The third-order valence-electron chi connectivity index (χ3n) is 8.47. The molecule has 4 rings (SSSR count). The fourth-order valence-corrected chi connectivity index (χ4v) is 7.10. The smallest absolute Gasteiger partial charge is 0.139 e. The molecule has 3 nitrogen and oxygen atoms in total. The van der Waals surface area contributed by atoms with Crippen molar-refractivity contribution in [3.05, 3.63) is 0 Å². The molecule has 0 aromatic rings. The summed E-state index contributed by atoms with van der Waals surface area (Å²) in [6.07, 6.45) is 8.22. The molecule has 124 valence electrons. The maximum Gasteiger partial charge on any atom is 0.139 e. The fraction of sp³-hybridized carbons (Fsp3) is 0.947. The minimum Gasteiger partial charge on any atom is -0.391 e. The summed E-state index contributed by atoms with van der Waals surface area (Å²) in [6, 6.07) is -0.0310. The summed E-state index contributed by atoms with van der Waals surface area (Å²) in [5.41, 5.74) is 6.35. The van der Waals surface area contributed by atoms with Crippen molar-refractivity contribution in [2.75, 3.05) is 0 Å². The Labute approximate surface area is 134 Å². The largest absolute Gasteiger partial charge is 0.391 e. The van der Waals surface area contributed by atoms with E-state index in [2.05, 4.69) is 13.8 Å². The Morgan fingerprint density at radius 1 is 1.14 bits per heavy atom. The zero-order chi connectivity index (χ0) is 15.7. The molecule has 4 aliphatic carbocycles. The van der Waals surface area contributed by atoms with E-state index in [9.17, 15) is 9.90 Å². The van der Waals surface area contributed by atoms with Crippen molar-refractivity contribution in [3.8, 4) is 0 Å². The van der Waals surface area contributed by atoms with Crippen LogP contribution in [0.15, 0.2) is 0 Å². The predicted octanol–water partition coefficient (Wildman–Crippen LogP) is 2.90. The minimum absolute atomic E-state index is 0.0310. The van der Waals surface area contributed by atoms with Gasteiger partial charge in [-0.15, -0.1) is 0 Å².